The van der Waals surface area contributed by atoms with E-state index in [0.29, 0.717) is 24.2 Å². The van der Waals surface area contributed by atoms with Crippen LogP contribution in [0.4, 0.5) is 4.39 Å². The minimum atomic E-state index is -0.427. The average Bonchev–Trinajstić information content (AvgIpc) is 2.75. The number of pyridine rings is 1. The molecule has 0 aliphatic carbocycles. The first-order valence-corrected chi connectivity index (χ1v) is 10.3. The summed E-state index contributed by atoms with van der Waals surface area (Å²) in [4.78, 5) is 32.6. The number of fused-ring (bicyclic) bond motifs is 1. The number of hydrogen-bond donors (Lipinski definition) is 1. The van der Waals surface area contributed by atoms with Gasteiger partial charge >= 0.3 is 0 Å². The summed E-state index contributed by atoms with van der Waals surface area (Å²) >= 11 is 0. The molecule has 0 bridgehead atoms. The summed E-state index contributed by atoms with van der Waals surface area (Å²) < 4.78 is 20.4. The van der Waals surface area contributed by atoms with Crippen LogP contribution in [0.2, 0.25) is 0 Å². The number of aliphatic hydroxyl groups is 1. The molecule has 1 aliphatic rings. The molecule has 2 aromatic rings. The summed E-state index contributed by atoms with van der Waals surface area (Å²) in [5, 5.41) is 9.71. The third-order valence-corrected chi connectivity index (χ3v) is 5.70. The molecule has 0 saturated carbocycles. The molecule has 0 fully saturated rings. The SMILES string of the molecule is CC(=O)N(C)C[C@H]1Oc2ncc(-c3ccccc3F)cc2C(=O)N([C@H](C)CO)C[C@H]1C. The fourth-order valence-electron chi connectivity index (χ4n) is 3.56. The number of likely N-dealkylation sites (N-methyl/N-ethyl adjacent to an activating group) is 1. The third kappa shape index (κ3) is 4.85. The first-order valence-electron chi connectivity index (χ1n) is 10.3. The molecule has 1 aliphatic heterocycles. The van der Waals surface area contributed by atoms with E-state index in [1.54, 1.807) is 48.0 Å². The highest BCUT2D eigenvalue weighted by Crippen LogP contribution is 2.31. The summed E-state index contributed by atoms with van der Waals surface area (Å²) in [7, 11) is 1.69. The van der Waals surface area contributed by atoms with Crippen LogP contribution in [-0.4, -0.2) is 70.6 Å². The zero-order chi connectivity index (χ0) is 22.7. The Balaban J connectivity index is 2.07. The van der Waals surface area contributed by atoms with Crippen LogP contribution >= 0.6 is 0 Å². The van der Waals surface area contributed by atoms with Crippen LogP contribution in [0.1, 0.15) is 31.1 Å². The van der Waals surface area contributed by atoms with Gasteiger partial charge in [0.15, 0.2) is 0 Å². The highest BCUT2D eigenvalue weighted by atomic mass is 19.1. The molecular weight excluding hydrogens is 401 g/mol. The van der Waals surface area contributed by atoms with Crippen molar-refractivity contribution in [2.24, 2.45) is 5.92 Å². The molecule has 8 heteroatoms. The van der Waals surface area contributed by atoms with Crippen LogP contribution in [0.5, 0.6) is 5.88 Å². The van der Waals surface area contributed by atoms with Gasteiger partial charge in [0.1, 0.15) is 17.5 Å². The topological polar surface area (TPSA) is 83.0 Å². The Morgan fingerprint density at radius 2 is 2.10 bits per heavy atom. The van der Waals surface area contributed by atoms with Crippen molar-refractivity contribution in [3.05, 3.63) is 47.9 Å². The fraction of sp³-hybridized carbons (Fsp3) is 0.435. The number of halogens is 1. The molecule has 7 nitrogen and oxygen atoms in total. The van der Waals surface area contributed by atoms with E-state index < -0.39 is 18.0 Å². The Bertz CT molecular complexity index is 968. The number of carbonyl (C=O) groups excluding carboxylic acids is 2. The molecule has 1 aromatic carbocycles. The summed E-state index contributed by atoms with van der Waals surface area (Å²) in [6.07, 6.45) is 1.06. The summed E-state index contributed by atoms with van der Waals surface area (Å²) in [6.45, 7) is 5.62. The van der Waals surface area contributed by atoms with Crippen LogP contribution in [0.15, 0.2) is 36.5 Å². The van der Waals surface area contributed by atoms with E-state index in [1.165, 1.54) is 19.2 Å². The lowest BCUT2D eigenvalue weighted by Crippen LogP contribution is -2.50. The van der Waals surface area contributed by atoms with Crippen LogP contribution in [0.25, 0.3) is 11.1 Å². The highest BCUT2D eigenvalue weighted by Gasteiger charge is 2.34. The molecule has 0 saturated heterocycles. The predicted octanol–water partition coefficient (Wildman–Crippen LogP) is 2.59. The van der Waals surface area contributed by atoms with Crippen molar-refractivity contribution in [2.45, 2.75) is 32.9 Å². The Morgan fingerprint density at radius 3 is 2.74 bits per heavy atom. The average molecular weight is 429 g/mol. The van der Waals surface area contributed by atoms with E-state index in [2.05, 4.69) is 4.98 Å². The van der Waals surface area contributed by atoms with E-state index in [4.69, 9.17) is 4.74 Å². The molecule has 3 rings (SSSR count). The number of carbonyl (C=O) groups is 2. The van der Waals surface area contributed by atoms with Gasteiger partial charge in [0, 0.05) is 43.8 Å². The maximum absolute atomic E-state index is 14.3. The minimum absolute atomic E-state index is 0.0994. The number of hydrogen-bond acceptors (Lipinski definition) is 5. The lowest BCUT2D eigenvalue weighted by atomic mass is 9.99. The summed E-state index contributed by atoms with van der Waals surface area (Å²) in [5.41, 5.74) is 0.982. The number of nitrogens with zero attached hydrogens (tertiary/aromatic N) is 3. The number of rotatable bonds is 5. The van der Waals surface area contributed by atoms with Crippen molar-refractivity contribution >= 4 is 11.8 Å². The molecule has 31 heavy (non-hydrogen) atoms. The molecular formula is C23H28FN3O4. The van der Waals surface area contributed by atoms with Crippen molar-refractivity contribution in [3.8, 4) is 17.0 Å². The Labute approximate surface area is 181 Å². The molecule has 1 N–H and O–H groups in total. The Kier molecular flexibility index (Phi) is 6.90. The van der Waals surface area contributed by atoms with Crippen LogP contribution in [-0.2, 0) is 4.79 Å². The molecule has 3 atom stereocenters. The summed E-state index contributed by atoms with van der Waals surface area (Å²) in [5.74, 6) is -0.849. The van der Waals surface area contributed by atoms with Crippen molar-refractivity contribution in [3.63, 3.8) is 0 Å². The van der Waals surface area contributed by atoms with E-state index in [9.17, 15) is 19.1 Å². The van der Waals surface area contributed by atoms with Crippen LogP contribution in [0, 0.1) is 11.7 Å². The van der Waals surface area contributed by atoms with Crippen molar-refractivity contribution < 1.29 is 23.8 Å². The minimum Gasteiger partial charge on any atom is -0.472 e. The van der Waals surface area contributed by atoms with E-state index in [1.807, 2.05) is 6.92 Å². The molecule has 2 heterocycles. The van der Waals surface area contributed by atoms with Crippen molar-refractivity contribution in [2.75, 3.05) is 26.7 Å². The molecule has 0 radical (unpaired) electrons. The van der Waals surface area contributed by atoms with Gasteiger partial charge in [0.25, 0.3) is 5.91 Å². The van der Waals surface area contributed by atoms with Gasteiger partial charge in [-0.2, -0.15) is 0 Å². The van der Waals surface area contributed by atoms with Gasteiger partial charge in [0.05, 0.1) is 19.2 Å². The standard InChI is InChI=1S/C23H28FN3O4/c1-14-11-27(15(2)13-28)23(30)19-9-17(18-7-5-6-8-20(18)24)10-25-22(19)31-21(14)12-26(4)16(3)29/h5-10,14-15,21,28H,11-13H2,1-4H3/t14-,15-,21-/m1/s1. The van der Waals surface area contributed by atoms with Gasteiger partial charge in [-0.25, -0.2) is 9.37 Å². The molecule has 166 valence electrons. The number of aliphatic hydroxyl groups excluding tert-OH is 1. The monoisotopic (exact) mass is 429 g/mol. The summed E-state index contributed by atoms with van der Waals surface area (Å²) in [6, 6.07) is 7.42. The van der Waals surface area contributed by atoms with Gasteiger partial charge in [-0.1, -0.05) is 25.1 Å². The maximum Gasteiger partial charge on any atom is 0.259 e. The molecule has 0 spiro atoms. The number of benzene rings is 1. The Hall–Kier alpha value is -3.00. The van der Waals surface area contributed by atoms with E-state index in [-0.39, 0.29) is 35.8 Å². The highest BCUT2D eigenvalue weighted by molar-refractivity contribution is 5.98. The molecule has 2 amide bonds. The molecule has 0 unspecified atom stereocenters. The molecule has 1 aromatic heterocycles. The predicted molar refractivity (Wildman–Crippen MR) is 114 cm³/mol. The van der Waals surface area contributed by atoms with Gasteiger partial charge in [-0.05, 0) is 19.1 Å². The van der Waals surface area contributed by atoms with E-state index >= 15 is 0 Å². The van der Waals surface area contributed by atoms with Crippen LogP contribution in [0.3, 0.4) is 0 Å². The smallest absolute Gasteiger partial charge is 0.259 e. The largest absolute Gasteiger partial charge is 0.472 e. The van der Waals surface area contributed by atoms with Gasteiger partial charge in [-0.3, -0.25) is 9.59 Å². The first kappa shape index (κ1) is 22.7. The normalized spacial score (nSPS) is 19.7. The number of aromatic nitrogens is 1. The second-order valence-electron chi connectivity index (χ2n) is 8.08. The van der Waals surface area contributed by atoms with E-state index in [0.717, 1.165) is 0 Å². The number of amides is 2. The fourth-order valence-corrected chi connectivity index (χ4v) is 3.56. The maximum atomic E-state index is 14.3. The Morgan fingerprint density at radius 1 is 1.39 bits per heavy atom. The zero-order valence-electron chi connectivity index (χ0n) is 18.2. The number of ether oxygens (including phenoxy) is 1. The second-order valence-corrected chi connectivity index (χ2v) is 8.08. The quantitative estimate of drug-likeness (QED) is 0.790. The first-order chi connectivity index (χ1) is 14.7. The van der Waals surface area contributed by atoms with Crippen molar-refractivity contribution in [1.29, 1.82) is 0 Å². The lowest BCUT2D eigenvalue weighted by Gasteiger charge is -2.37. The van der Waals surface area contributed by atoms with Crippen molar-refractivity contribution in [1.82, 2.24) is 14.8 Å². The van der Waals surface area contributed by atoms with Crippen LogP contribution < -0.4 is 4.74 Å². The third-order valence-electron chi connectivity index (χ3n) is 5.70. The lowest BCUT2D eigenvalue weighted by molar-refractivity contribution is -0.129. The van der Waals surface area contributed by atoms with Gasteiger partial charge < -0.3 is 19.6 Å². The van der Waals surface area contributed by atoms with Gasteiger partial charge in [0.2, 0.25) is 11.8 Å². The second kappa shape index (κ2) is 9.43. The van der Waals surface area contributed by atoms with Gasteiger partial charge in [-0.15, -0.1) is 0 Å². The zero-order valence-corrected chi connectivity index (χ0v) is 18.2.